The number of anilines is 1. The standard InChI is InChI=1S/C17H17N5O4/c1-4-9-26-16(24)13-10(2)18-17-19-20-21-22(17)14(13)11-5-7-12(8-6-11)15(23)25-3/h4-8,14H,1,9H2,2-3H3,(H,18,19,21). The van der Waals surface area contributed by atoms with E-state index in [-0.39, 0.29) is 6.61 Å². The van der Waals surface area contributed by atoms with Crippen molar-refractivity contribution in [3.8, 4) is 0 Å². The predicted molar refractivity (Wildman–Crippen MR) is 91.2 cm³/mol. The summed E-state index contributed by atoms with van der Waals surface area (Å²) in [7, 11) is 1.32. The zero-order valence-corrected chi connectivity index (χ0v) is 14.3. The molecule has 1 N–H and O–H groups in total. The van der Waals surface area contributed by atoms with E-state index in [1.807, 2.05) is 0 Å². The van der Waals surface area contributed by atoms with Crippen molar-refractivity contribution in [3.05, 3.63) is 59.3 Å². The van der Waals surface area contributed by atoms with E-state index in [9.17, 15) is 9.59 Å². The number of hydrogen-bond donors (Lipinski definition) is 1. The molecule has 0 saturated heterocycles. The number of esters is 2. The van der Waals surface area contributed by atoms with E-state index in [0.29, 0.717) is 22.8 Å². The van der Waals surface area contributed by atoms with E-state index in [2.05, 4.69) is 27.4 Å². The SMILES string of the molecule is C=CCOC(=O)C1=C(C)Nc2nnnn2C1c1ccc(C(=O)OC)cc1. The molecule has 0 radical (unpaired) electrons. The number of aromatic nitrogens is 4. The number of hydrogen-bond acceptors (Lipinski definition) is 8. The highest BCUT2D eigenvalue weighted by Crippen LogP contribution is 2.34. The molecule has 0 fully saturated rings. The topological polar surface area (TPSA) is 108 Å². The van der Waals surface area contributed by atoms with Gasteiger partial charge >= 0.3 is 11.9 Å². The molecular weight excluding hydrogens is 338 g/mol. The van der Waals surface area contributed by atoms with Gasteiger partial charge in [-0.05, 0) is 35.0 Å². The van der Waals surface area contributed by atoms with Crippen LogP contribution >= 0.6 is 0 Å². The number of fused-ring (bicyclic) bond motifs is 1. The van der Waals surface area contributed by atoms with Gasteiger partial charge in [-0.15, -0.1) is 0 Å². The molecule has 1 aliphatic heterocycles. The van der Waals surface area contributed by atoms with Gasteiger partial charge in [0, 0.05) is 5.70 Å². The van der Waals surface area contributed by atoms with Crippen molar-refractivity contribution < 1.29 is 19.1 Å². The third kappa shape index (κ3) is 3.06. The maximum Gasteiger partial charge on any atom is 0.338 e. The van der Waals surface area contributed by atoms with Crippen LogP contribution in [-0.4, -0.2) is 45.9 Å². The van der Waals surface area contributed by atoms with Gasteiger partial charge in [-0.2, -0.15) is 4.68 Å². The van der Waals surface area contributed by atoms with E-state index in [4.69, 9.17) is 9.47 Å². The number of rotatable bonds is 5. The minimum Gasteiger partial charge on any atom is -0.465 e. The lowest BCUT2D eigenvalue weighted by molar-refractivity contribution is -0.138. The van der Waals surface area contributed by atoms with Crippen LogP contribution in [0.1, 0.15) is 28.9 Å². The van der Waals surface area contributed by atoms with Crippen molar-refractivity contribution in [3.63, 3.8) is 0 Å². The molecule has 134 valence electrons. The average molecular weight is 355 g/mol. The zero-order valence-electron chi connectivity index (χ0n) is 14.3. The Hall–Kier alpha value is -3.49. The first-order chi connectivity index (χ1) is 12.6. The summed E-state index contributed by atoms with van der Waals surface area (Å²) >= 11 is 0. The van der Waals surface area contributed by atoms with Gasteiger partial charge in [-0.3, -0.25) is 0 Å². The Bertz CT molecular complexity index is 885. The van der Waals surface area contributed by atoms with Gasteiger partial charge in [0.15, 0.2) is 0 Å². The summed E-state index contributed by atoms with van der Waals surface area (Å²) in [5.74, 6) is -0.537. The fourth-order valence-corrected chi connectivity index (χ4v) is 2.72. The molecule has 9 nitrogen and oxygen atoms in total. The fourth-order valence-electron chi connectivity index (χ4n) is 2.72. The number of benzene rings is 1. The van der Waals surface area contributed by atoms with Gasteiger partial charge in [-0.25, -0.2) is 9.59 Å². The Morgan fingerprint density at radius 2 is 2.04 bits per heavy atom. The minimum atomic E-state index is -0.592. The van der Waals surface area contributed by atoms with Crippen LogP contribution in [0.3, 0.4) is 0 Å². The molecule has 1 aliphatic rings. The summed E-state index contributed by atoms with van der Waals surface area (Å²) in [5, 5.41) is 14.5. The molecule has 1 atom stereocenters. The lowest BCUT2D eigenvalue weighted by Gasteiger charge is -2.27. The summed E-state index contributed by atoms with van der Waals surface area (Å²) < 4.78 is 11.4. The number of allylic oxidation sites excluding steroid dienone is 1. The Kier molecular flexibility index (Phi) is 4.78. The molecule has 0 saturated carbocycles. The number of nitrogens with one attached hydrogen (secondary N) is 1. The molecule has 2 heterocycles. The van der Waals surface area contributed by atoms with E-state index in [1.54, 1.807) is 31.2 Å². The van der Waals surface area contributed by atoms with E-state index < -0.39 is 18.0 Å². The number of carbonyl (C=O) groups is 2. The van der Waals surface area contributed by atoms with Crippen LogP contribution in [0.5, 0.6) is 0 Å². The van der Waals surface area contributed by atoms with Gasteiger partial charge < -0.3 is 14.8 Å². The number of ether oxygens (including phenoxy) is 2. The molecule has 2 aromatic rings. The van der Waals surface area contributed by atoms with Crippen LogP contribution in [0, 0.1) is 0 Å². The number of methoxy groups -OCH3 is 1. The highest BCUT2D eigenvalue weighted by atomic mass is 16.5. The lowest BCUT2D eigenvalue weighted by atomic mass is 9.95. The third-order valence-corrected chi connectivity index (χ3v) is 3.91. The average Bonchev–Trinajstić information content (AvgIpc) is 3.12. The molecule has 3 rings (SSSR count). The Labute approximate surface area is 149 Å². The summed E-state index contributed by atoms with van der Waals surface area (Å²) in [6, 6.07) is 6.10. The highest BCUT2D eigenvalue weighted by Gasteiger charge is 2.34. The summed E-state index contributed by atoms with van der Waals surface area (Å²) in [6.07, 6.45) is 1.49. The van der Waals surface area contributed by atoms with Gasteiger partial charge in [0.1, 0.15) is 12.6 Å². The molecule has 0 amide bonds. The van der Waals surface area contributed by atoms with Gasteiger partial charge in [-0.1, -0.05) is 29.9 Å². The summed E-state index contributed by atoms with van der Waals surface area (Å²) in [6.45, 7) is 5.38. The second kappa shape index (κ2) is 7.18. The molecule has 0 aliphatic carbocycles. The minimum absolute atomic E-state index is 0.0894. The maximum absolute atomic E-state index is 12.6. The normalized spacial score (nSPS) is 15.7. The summed E-state index contributed by atoms with van der Waals surface area (Å²) in [5.41, 5.74) is 2.08. The van der Waals surface area contributed by atoms with E-state index in [0.717, 1.165) is 5.56 Å². The zero-order chi connectivity index (χ0) is 18.7. The van der Waals surface area contributed by atoms with Crippen molar-refractivity contribution >= 4 is 17.9 Å². The number of nitrogens with zero attached hydrogens (tertiary/aromatic N) is 4. The maximum atomic E-state index is 12.6. The summed E-state index contributed by atoms with van der Waals surface area (Å²) in [4.78, 5) is 24.2. The molecule has 26 heavy (non-hydrogen) atoms. The van der Waals surface area contributed by atoms with E-state index in [1.165, 1.54) is 17.9 Å². The van der Waals surface area contributed by atoms with Crippen molar-refractivity contribution in [1.29, 1.82) is 0 Å². The third-order valence-electron chi connectivity index (χ3n) is 3.91. The molecule has 1 aromatic heterocycles. The quantitative estimate of drug-likeness (QED) is 0.635. The molecule has 1 unspecified atom stereocenters. The largest absolute Gasteiger partial charge is 0.465 e. The van der Waals surface area contributed by atoms with Crippen LogP contribution in [0.15, 0.2) is 48.2 Å². The van der Waals surface area contributed by atoms with Gasteiger partial charge in [0.2, 0.25) is 5.95 Å². The molecule has 1 aromatic carbocycles. The second-order valence-electron chi connectivity index (χ2n) is 5.51. The van der Waals surface area contributed by atoms with Crippen LogP contribution in [-0.2, 0) is 14.3 Å². The van der Waals surface area contributed by atoms with Crippen molar-refractivity contribution in [1.82, 2.24) is 20.2 Å². The van der Waals surface area contributed by atoms with Crippen LogP contribution < -0.4 is 5.32 Å². The molecule has 0 bridgehead atoms. The second-order valence-corrected chi connectivity index (χ2v) is 5.51. The smallest absolute Gasteiger partial charge is 0.338 e. The van der Waals surface area contributed by atoms with Gasteiger partial charge in [0.05, 0.1) is 18.2 Å². The molecule has 9 heteroatoms. The van der Waals surface area contributed by atoms with Crippen LogP contribution in [0.4, 0.5) is 5.95 Å². The van der Waals surface area contributed by atoms with Crippen LogP contribution in [0.2, 0.25) is 0 Å². The van der Waals surface area contributed by atoms with Crippen molar-refractivity contribution in [2.24, 2.45) is 0 Å². The van der Waals surface area contributed by atoms with Crippen molar-refractivity contribution in [2.45, 2.75) is 13.0 Å². The first kappa shape index (κ1) is 17.3. The van der Waals surface area contributed by atoms with Gasteiger partial charge in [0.25, 0.3) is 0 Å². The Morgan fingerprint density at radius 1 is 1.31 bits per heavy atom. The first-order valence-electron chi connectivity index (χ1n) is 7.78. The fraction of sp³-hybridized carbons (Fsp3) is 0.235. The molecular formula is C17H17N5O4. The van der Waals surface area contributed by atoms with Crippen molar-refractivity contribution in [2.75, 3.05) is 19.0 Å². The lowest BCUT2D eigenvalue weighted by Crippen LogP contribution is -2.29. The highest BCUT2D eigenvalue weighted by molar-refractivity contribution is 5.93. The predicted octanol–water partition coefficient (Wildman–Crippen LogP) is 1.48. The number of carbonyl (C=O) groups excluding carboxylic acids is 2. The first-order valence-corrected chi connectivity index (χ1v) is 7.78. The Balaban J connectivity index is 2.04. The molecule has 0 spiro atoms. The monoisotopic (exact) mass is 355 g/mol. The van der Waals surface area contributed by atoms with E-state index >= 15 is 0 Å². The number of tetrazole rings is 1. The van der Waals surface area contributed by atoms with Crippen LogP contribution in [0.25, 0.3) is 0 Å². The Morgan fingerprint density at radius 3 is 2.69 bits per heavy atom.